The second kappa shape index (κ2) is 4.42. The van der Waals surface area contributed by atoms with Crippen LogP contribution in [0, 0.1) is 6.92 Å². The van der Waals surface area contributed by atoms with Crippen LogP contribution in [0.3, 0.4) is 0 Å². The number of nitrogens with one attached hydrogen (secondary N) is 1. The van der Waals surface area contributed by atoms with Crippen LogP contribution >= 0.6 is 15.9 Å². The Morgan fingerprint density at radius 1 is 1.28 bits per heavy atom. The van der Waals surface area contributed by atoms with E-state index in [0.717, 1.165) is 4.47 Å². The number of alkyl halides is 3. The van der Waals surface area contributed by atoms with Gasteiger partial charge in [-0.05, 0) is 25.1 Å². The molecule has 1 aromatic heterocycles. The number of hydrogen-bond donors (Lipinski definition) is 1. The van der Waals surface area contributed by atoms with E-state index in [4.69, 9.17) is 0 Å². The molecule has 0 saturated heterocycles. The normalized spacial score (nSPS) is 11.9. The molecule has 0 aliphatic carbocycles. The van der Waals surface area contributed by atoms with E-state index in [2.05, 4.69) is 26.2 Å². The summed E-state index contributed by atoms with van der Waals surface area (Å²) in [6, 6.07) is 4.99. The first-order valence-electron chi connectivity index (χ1n) is 5.19. The number of nitrogens with zero attached hydrogens (tertiary/aromatic N) is 1. The molecule has 96 valence electrons. The third kappa shape index (κ3) is 2.16. The summed E-state index contributed by atoms with van der Waals surface area (Å²) in [7, 11) is 1.60. The van der Waals surface area contributed by atoms with Gasteiger partial charge in [-0.15, -0.1) is 0 Å². The van der Waals surface area contributed by atoms with Crippen LogP contribution in [0.1, 0.15) is 11.3 Å². The zero-order valence-electron chi connectivity index (χ0n) is 9.69. The predicted octanol–water partition coefficient (Wildman–Crippen LogP) is 4.37. The monoisotopic (exact) mass is 318 g/mol. The molecule has 2 aromatic rings. The molecule has 0 aliphatic heterocycles. The Balaban J connectivity index is 2.87. The first-order chi connectivity index (χ1) is 8.34. The molecule has 2 rings (SSSR count). The van der Waals surface area contributed by atoms with Gasteiger partial charge in [-0.25, -0.2) is 4.98 Å². The van der Waals surface area contributed by atoms with Crippen molar-refractivity contribution in [2.75, 3.05) is 12.4 Å². The van der Waals surface area contributed by atoms with Gasteiger partial charge in [-0.2, -0.15) is 13.2 Å². The van der Waals surface area contributed by atoms with Gasteiger partial charge in [0.25, 0.3) is 0 Å². The number of anilines is 1. The van der Waals surface area contributed by atoms with E-state index in [-0.39, 0.29) is 5.56 Å². The average Bonchev–Trinajstić information content (AvgIpc) is 2.26. The Morgan fingerprint density at radius 3 is 2.50 bits per heavy atom. The summed E-state index contributed by atoms with van der Waals surface area (Å²) in [6.45, 7) is 1.42. The van der Waals surface area contributed by atoms with Crippen LogP contribution in [0.4, 0.5) is 18.9 Å². The van der Waals surface area contributed by atoms with Crippen LogP contribution in [-0.2, 0) is 6.18 Å². The van der Waals surface area contributed by atoms with Gasteiger partial charge >= 0.3 is 6.18 Å². The molecule has 18 heavy (non-hydrogen) atoms. The molecule has 0 spiro atoms. The highest BCUT2D eigenvalue weighted by atomic mass is 79.9. The number of benzene rings is 1. The van der Waals surface area contributed by atoms with Crippen molar-refractivity contribution in [1.29, 1.82) is 0 Å². The lowest BCUT2D eigenvalue weighted by atomic mass is 10.1. The summed E-state index contributed by atoms with van der Waals surface area (Å²) >= 11 is 3.30. The molecule has 2 nitrogen and oxygen atoms in total. The van der Waals surface area contributed by atoms with Crippen molar-refractivity contribution in [2.24, 2.45) is 0 Å². The Morgan fingerprint density at radius 2 is 1.94 bits per heavy atom. The summed E-state index contributed by atoms with van der Waals surface area (Å²) in [5, 5.41) is 3.48. The Hall–Kier alpha value is -1.30. The third-order valence-electron chi connectivity index (χ3n) is 2.71. The van der Waals surface area contributed by atoms with Crippen molar-refractivity contribution < 1.29 is 13.2 Å². The summed E-state index contributed by atoms with van der Waals surface area (Å²) < 4.78 is 39.4. The van der Waals surface area contributed by atoms with Crippen LogP contribution in [-0.4, -0.2) is 12.0 Å². The number of aromatic nitrogens is 1. The molecular weight excluding hydrogens is 309 g/mol. The predicted molar refractivity (Wildman–Crippen MR) is 68.7 cm³/mol. The minimum Gasteiger partial charge on any atom is -0.387 e. The van der Waals surface area contributed by atoms with Gasteiger partial charge in [-0.3, -0.25) is 0 Å². The van der Waals surface area contributed by atoms with Crippen molar-refractivity contribution in [3.05, 3.63) is 33.9 Å². The largest absolute Gasteiger partial charge is 0.433 e. The fraction of sp³-hybridized carbons (Fsp3) is 0.250. The van der Waals surface area contributed by atoms with E-state index in [1.165, 1.54) is 6.92 Å². The smallest absolute Gasteiger partial charge is 0.387 e. The number of rotatable bonds is 1. The summed E-state index contributed by atoms with van der Waals surface area (Å²) in [5.41, 5.74) is 0.0337. The molecule has 0 amide bonds. The second-order valence-corrected chi connectivity index (χ2v) is 4.79. The second-order valence-electron chi connectivity index (χ2n) is 3.87. The van der Waals surface area contributed by atoms with Gasteiger partial charge in [-0.1, -0.05) is 15.9 Å². The lowest BCUT2D eigenvalue weighted by molar-refractivity contribution is -0.141. The highest BCUT2D eigenvalue weighted by Crippen LogP contribution is 2.37. The number of hydrogen-bond acceptors (Lipinski definition) is 2. The van der Waals surface area contributed by atoms with Crippen LogP contribution in [0.25, 0.3) is 10.9 Å². The van der Waals surface area contributed by atoms with Gasteiger partial charge in [0.1, 0.15) is 5.69 Å². The molecule has 0 aliphatic rings. The number of pyridine rings is 1. The summed E-state index contributed by atoms with van der Waals surface area (Å²) in [4.78, 5) is 3.71. The maximum atomic E-state index is 12.9. The summed E-state index contributed by atoms with van der Waals surface area (Å²) in [5.74, 6) is 0. The molecule has 0 radical (unpaired) electrons. The first-order valence-corrected chi connectivity index (χ1v) is 5.98. The van der Waals surface area contributed by atoms with E-state index in [9.17, 15) is 13.2 Å². The van der Waals surface area contributed by atoms with E-state index in [1.54, 1.807) is 25.2 Å². The quantitative estimate of drug-likeness (QED) is 0.844. The van der Waals surface area contributed by atoms with Crippen molar-refractivity contribution in [1.82, 2.24) is 4.98 Å². The van der Waals surface area contributed by atoms with Gasteiger partial charge in [0.05, 0.1) is 5.52 Å². The molecule has 1 aromatic carbocycles. The Bertz CT molecular complexity index is 608. The van der Waals surface area contributed by atoms with Crippen molar-refractivity contribution in [3.8, 4) is 0 Å². The van der Waals surface area contributed by atoms with Crippen molar-refractivity contribution >= 4 is 32.5 Å². The number of fused-ring (bicyclic) bond motifs is 1. The van der Waals surface area contributed by atoms with Gasteiger partial charge in [0.2, 0.25) is 0 Å². The molecule has 6 heteroatoms. The Labute approximate surface area is 110 Å². The molecule has 1 heterocycles. The zero-order chi connectivity index (χ0) is 13.5. The molecule has 0 saturated carbocycles. The molecule has 0 bridgehead atoms. The van der Waals surface area contributed by atoms with Crippen LogP contribution in [0.5, 0.6) is 0 Å². The molecule has 0 fully saturated rings. The maximum Gasteiger partial charge on any atom is 0.433 e. The van der Waals surface area contributed by atoms with Crippen LogP contribution in [0.15, 0.2) is 22.7 Å². The molecule has 0 atom stereocenters. The lowest BCUT2D eigenvalue weighted by Crippen LogP contribution is -2.12. The van der Waals surface area contributed by atoms with Crippen molar-refractivity contribution in [2.45, 2.75) is 13.1 Å². The molecular formula is C12H10BrF3N2. The highest BCUT2D eigenvalue weighted by molar-refractivity contribution is 9.10. The molecule has 1 N–H and O–H groups in total. The Kier molecular flexibility index (Phi) is 3.23. The van der Waals surface area contributed by atoms with E-state index >= 15 is 0 Å². The van der Waals surface area contributed by atoms with Gasteiger partial charge in [0.15, 0.2) is 0 Å². The molecule has 0 unspecified atom stereocenters. The van der Waals surface area contributed by atoms with Gasteiger partial charge in [0, 0.05) is 28.2 Å². The third-order valence-corrected chi connectivity index (χ3v) is 3.20. The van der Waals surface area contributed by atoms with Crippen LogP contribution in [0.2, 0.25) is 0 Å². The van der Waals surface area contributed by atoms with E-state index in [0.29, 0.717) is 16.6 Å². The maximum absolute atomic E-state index is 12.9. The fourth-order valence-electron chi connectivity index (χ4n) is 1.93. The minimum absolute atomic E-state index is 0.107. The first kappa shape index (κ1) is 13.1. The average molecular weight is 319 g/mol. The van der Waals surface area contributed by atoms with E-state index in [1.807, 2.05) is 0 Å². The van der Waals surface area contributed by atoms with Crippen molar-refractivity contribution in [3.63, 3.8) is 0 Å². The number of halogens is 4. The lowest BCUT2D eigenvalue weighted by Gasteiger charge is -2.15. The standard InChI is InChI=1S/C12H10BrF3N2/c1-6-10(17-2)8-5-7(13)3-4-9(8)18-11(6)12(14,15)16/h3-5H,1-2H3,(H,17,18). The van der Waals surface area contributed by atoms with E-state index < -0.39 is 11.9 Å². The fourth-order valence-corrected chi connectivity index (χ4v) is 2.29. The topological polar surface area (TPSA) is 24.9 Å². The minimum atomic E-state index is -4.45. The highest BCUT2D eigenvalue weighted by Gasteiger charge is 2.35. The van der Waals surface area contributed by atoms with Crippen LogP contribution < -0.4 is 5.32 Å². The summed E-state index contributed by atoms with van der Waals surface area (Å²) in [6.07, 6.45) is -4.45. The SMILES string of the molecule is CNc1c(C)c(C(F)(F)F)nc2ccc(Br)cc12. The zero-order valence-corrected chi connectivity index (χ0v) is 11.3. The van der Waals surface area contributed by atoms with Gasteiger partial charge < -0.3 is 5.32 Å².